The summed E-state index contributed by atoms with van der Waals surface area (Å²) in [5.74, 6) is -1.55. The van der Waals surface area contributed by atoms with Crippen LogP contribution in [0.25, 0.3) is 0 Å². The predicted molar refractivity (Wildman–Crippen MR) is 71.3 cm³/mol. The Morgan fingerprint density at radius 2 is 2.15 bits per heavy atom. The van der Waals surface area contributed by atoms with Crippen molar-refractivity contribution in [3.8, 4) is 0 Å². The number of amides is 1. The number of carbonyl (C=O) groups excluding carboxylic acids is 1. The van der Waals surface area contributed by atoms with Crippen LogP contribution >= 0.6 is 0 Å². The predicted octanol–water partition coefficient (Wildman–Crippen LogP) is 1.51. The zero-order valence-electron chi connectivity index (χ0n) is 11.0. The molecule has 0 saturated heterocycles. The number of carboxylic acid groups (broad SMARTS) is 1. The number of benzene rings is 1. The van der Waals surface area contributed by atoms with E-state index in [0.717, 1.165) is 0 Å². The number of aliphatic carboxylic acids is 1. The summed E-state index contributed by atoms with van der Waals surface area (Å²) in [4.78, 5) is 32.7. The molecule has 0 spiro atoms. The van der Waals surface area contributed by atoms with Crippen LogP contribution in [0.2, 0.25) is 0 Å². The second kappa shape index (κ2) is 7.22. The van der Waals surface area contributed by atoms with Crippen molar-refractivity contribution in [2.45, 2.75) is 32.2 Å². The van der Waals surface area contributed by atoms with Crippen molar-refractivity contribution in [3.63, 3.8) is 0 Å². The summed E-state index contributed by atoms with van der Waals surface area (Å²) in [5.41, 5.74) is 0.371. The summed E-state index contributed by atoms with van der Waals surface area (Å²) in [6.45, 7) is 1.82. The van der Waals surface area contributed by atoms with E-state index in [4.69, 9.17) is 5.11 Å². The van der Waals surface area contributed by atoms with Gasteiger partial charge in [0.05, 0.1) is 11.3 Å². The van der Waals surface area contributed by atoms with Crippen molar-refractivity contribution < 1.29 is 19.6 Å². The molecule has 1 amide bonds. The topological polar surface area (TPSA) is 110 Å². The molecule has 7 nitrogen and oxygen atoms in total. The first-order valence-corrected chi connectivity index (χ1v) is 6.19. The number of carbonyl (C=O) groups is 2. The minimum Gasteiger partial charge on any atom is -0.480 e. The lowest BCUT2D eigenvalue weighted by molar-refractivity contribution is -0.384. The Kier molecular flexibility index (Phi) is 5.64. The lowest BCUT2D eigenvalue weighted by Crippen LogP contribution is -2.41. The molecular formula is C13H16N2O5. The Balaban J connectivity index is 2.68. The van der Waals surface area contributed by atoms with E-state index in [2.05, 4.69) is 5.32 Å². The molecule has 0 radical (unpaired) electrons. The largest absolute Gasteiger partial charge is 0.480 e. The molecule has 108 valence electrons. The number of nitro groups is 1. The van der Waals surface area contributed by atoms with Crippen LogP contribution in [-0.4, -0.2) is 27.9 Å². The lowest BCUT2D eigenvalue weighted by Gasteiger charge is -2.13. The van der Waals surface area contributed by atoms with Crippen LogP contribution in [0.1, 0.15) is 25.3 Å². The van der Waals surface area contributed by atoms with E-state index in [1.54, 1.807) is 6.07 Å². The standard InChI is InChI=1S/C13H16N2O5/c1-2-4-11(13(17)18)14-12(16)8-9-5-3-6-10(7-9)15(19)20/h3,5-7,11H,2,4,8H2,1H3,(H,14,16)(H,17,18). The van der Waals surface area contributed by atoms with Crippen molar-refractivity contribution in [1.29, 1.82) is 0 Å². The maximum atomic E-state index is 11.7. The quantitative estimate of drug-likeness (QED) is 0.581. The summed E-state index contributed by atoms with van der Waals surface area (Å²) >= 11 is 0. The van der Waals surface area contributed by atoms with E-state index in [1.165, 1.54) is 18.2 Å². The average molecular weight is 280 g/mol. The highest BCUT2D eigenvalue weighted by atomic mass is 16.6. The second-order valence-corrected chi connectivity index (χ2v) is 4.35. The zero-order chi connectivity index (χ0) is 15.1. The van der Waals surface area contributed by atoms with Gasteiger partial charge in [-0.15, -0.1) is 0 Å². The number of nitrogens with one attached hydrogen (secondary N) is 1. The SMILES string of the molecule is CCCC(NC(=O)Cc1cccc([N+](=O)[O-])c1)C(=O)O. The monoisotopic (exact) mass is 280 g/mol. The first kappa shape index (κ1) is 15.6. The maximum absolute atomic E-state index is 11.7. The van der Waals surface area contributed by atoms with Crippen LogP contribution in [-0.2, 0) is 16.0 Å². The summed E-state index contributed by atoms with van der Waals surface area (Å²) in [6.07, 6.45) is 0.888. The van der Waals surface area contributed by atoms with E-state index < -0.39 is 22.8 Å². The number of nitrogens with zero attached hydrogens (tertiary/aromatic N) is 1. The Bertz CT molecular complexity index is 515. The fourth-order valence-corrected chi connectivity index (χ4v) is 1.76. The van der Waals surface area contributed by atoms with Crippen LogP contribution in [0, 0.1) is 10.1 Å². The van der Waals surface area contributed by atoms with Gasteiger partial charge in [0.2, 0.25) is 5.91 Å². The van der Waals surface area contributed by atoms with E-state index in [0.29, 0.717) is 18.4 Å². The smallest absolute Gasteiger partial charge is 0.326 e. The highest BCUT2D eigenvalue weighted by Crippen LogP contribution is 2.13. The molecule has 0 aliphatic rings. The average Bonchev–Trinajstić information content (AvgIpc) is 2.38. The number of hydrogen-bond donors (Lipinski definition) is 2. The molecule has 2 N–H and O–H groups in total. The summed E-state index contributed by atoms with van der Waals surface area (Å²) in [7, 11) is 0. The molecule has 1 aromatic carbocycles. The van der Waals surface area contributed by atoms with Gasteiger partial charge in [0, 0.05) is 12.1 Å². The fourth-order valence-electron chi connectivity index (χ4n) is 1.76. The summed E-state index contributed by atoms with van der Waals surface area (Å²) < 4.78 is 0. The van der Waals surface area contributed by atoms with Gasteiger partial charge in [0.1, 0.15) is 6.04 Å². The highest BCUT2D eigenvalue weighted by Gasteiger charge is 2.19. The Morgan fingerprint density at radius 3 is 2.70 bits per heavy atom. The first-order valence-electron chi connectivity index (χ1n) is 6.19. The molecular weight excluding hydrogens is 264 g/mol. The van der Waals surface area contributed by atoms with Crippen molar-refractivity contribution in [2.24, 2.45) is 0 Å². The van der Waals surface area contributed by atoms with Crippen molar-refractivity contribution in [2.75, 3.05) is 0 Å². The Morgan fingerprint density at radius 1 is 1.45 bits per heavy atom. The number of carboxylic acids is 1. The van der Waals surface area contributed by atoms with Gasteiger partial charge in [-0.1, -0.05) is 25.5 Å². The van der Waals surface area contributed by atoms with Crippen LogP contribution in [0.15, 0.2) is 24.3 Å². The van der Waals surface area contributed by atoms with Crippen LogP contribution in [0.4, 0.5) is 5.69 Å². The van der Waals surface area contributed by atoms with E-state index in [9.17, 15) is 19.7 Å². The number of non-ortho nitro benzene ring substituents is 1. The fraction of sp³-hybridized carbons (Fsp3) is 0.385. The molecule has 1 aromatic rings. The second-order valence-electron chi connectivity index (χ2n) is 4.35. The van der Waals surface area contributed by atoms with Gasteiger partial charge in [-0.25, -0.2) is 4.79 Å². The third-order valence-electron chi connectivity index (χ3n) is 2.70. The van der Waals surface area contributed by atoms with Gasteiger partial charge in [-0.2, -0.15) is 0 Å². The molecule has 0 saturated carbocycles. The molecule has 0 aliphatic carbocycles. The molecule has 1 rings (SSSR count). The molecule has 1 atom stereocenters. The first-order chi connectivity index (χ1) is 9.43. The molecule has 0 aromatic heterocycles. The minimum atomic E-state index is -1.08. The number of nitro benzene ring substituents is 1. The van der Waals surface area contributed by atoms with Crippen molar-refractivity contribution in [3.05, 3.63) is 39.9 Å². The van der Waals surface area contributed by atoms with Crippen LogP contribution < -0.4 is 5.32 Å². The van der Waals surface area contributed by atoms with E-state index in [-0.39, 0.29) is 12.1 Å². The zero-order valence-corrected chi connectivity index (χ0v) is 11.0. The third kappa shape index (κ3) is 4.68. The van der Waals surface area contributed by atoms with Gasteiger partial charge >= 0.3 is 5.97 Å². The number of hydrogen-bond acceptors (Lipinski definition) is 4. The molecule has 0 bridgehead atoms. The van der Waals surface area contributed by atoms with Gasteiger partial charge < -0.3 is 10.4 Å². The van der Waals surface area contributed by atoms with E-state index in [1.807, 2.05) is 6.92 Å². The third-order valence-corrected chi connectivity index (χ3v) is 2.70. The van der Waals surface area contributed by atoms with Gasteiger partial charge in [-0.05, 0) is 12.0 Å². The number of rotatable bonds is 7. The maximum Gasteiger partial charge on any atom is 0.326 e. The molecule has 20 heavy (non-hydrogen) atoms. The van der Waals surface area contributed by atoms with E-state index >= 15 is 0 Å². The normalized spacial score (nSPS) is 11.7. The van der Waals surface area contributed by atoms with Crippen LogP contribution in [0.3, 0.4) is 0 Å². The molecule has 0 heterocycles. The van der Waals surface area contributed by atoms with Crippen molar-refractivity contribution in [1.82, 2.24) is 5.32 Å². The molecule has 7 heteroatoms. The Labute approximate surface area is 115 Å². The summed E-state index contributed by atoms with van der Waals surface area (Å²) in [6, 6.07) is 4.78. The van der Waals surface area contributed by atoms with Crippen LogP contribution in [0.5, 0.6) is 0 Å². The lowest BCUT2D eigenvalue weighted by atomic mass is 10.1. The minimum absolute atomic E-state index is 0.0881. The Hall–Kier alpha value is -2.44. The van der Waals surface area contributed by atoms with Gasteiger partial charge in [-0.3, -0.25) is 14.9 Å². The van der Waals surface area contributed by atoms with Gasteiger partial charge in [0.15, 0.2) is 0 Å². The molecule has 0 fully saturated rings. The molecule has 1 unspecified atom stereocenters. The summed E-state index contributed by atoms with van der Waals surface area (Å²) in [5, 5.41) is 22.0. The van der Waals surface area contributed by atoms with Crippen molar-refractivity contribution >= 4 is 17.6 Å². The highest BCUT2D eigenvalue weighted by molar-refractivity contribution is 5.84. The van der Waals surface area contributed by atoms with Gasteiger partial charge in [0.25, 0.3) is 5.69 Å². The molecule has 0 aliphatic heterocycles.